The van der Waals surface area contributed by atoms with E-state index in [0.717, 1.165) is 11.4 Å². The third kappa shape index (κ3) is 3.88. The molecule has 0 bridgehead atoms. The fraction of sp³-hybridized carbons (Fsp3) is 0.417. The molecular formula is C12H17N5O2S2. The first kappa shape index (κ1) is 15.6. The van der Waals surface area contributed by atoms with Gasteiger partial charge in [0.05, 0.1) is 5.69 Å². The molecular weight excluding hydrogens is 310 g/mol. The second-order valence-electron chi connectivity index (χ2n) is 4.81. The van der Waals surface area contributed by atoms with Crippen molar-refractivity contribution >= 4 is 32.2 Å². The highest BCUT2D eigenvalue weighted by Gasteiger charge is 2.21. The van der Waals surface area contributed by atoms with Crippen LogP contribution in [-0.4, -0.2) is 30.6 Å². The van der Waals surface area contributed by atoms with Gasteiger partial charge in [0, 0.05) is 19.7 Å². The Morgan fingerprint density at radius 1 is 1.33 bits per heavy atom. The Kier molecular flexibility index (Phi) is 4.73. The van der Waals surface area contributed by atoms with E-state index in [1.54, 1.807) is 19.2 Å². The summed E-state index contributed by atoms with van der Waals surface area (Å²) < 4.78 is 27.1. The molecule has 0 saturated heterocycles. The molecule has 0 atom stereocenters. The molecule has 7 nitrogen and oxygen atoms in total. The average molecular weight is 327 g/mol. The van der Waals surface area contributed by atoms with E-state index in [1.807, 2.05) is 0 Å². The molecule has 0 aliphatic heterocycles. The predicted molar refractivity (Wildman–Crippen MR) is 83.0 cm³/mol. The van der Waals surface area contributed by atoms with Gasteiger partial charge in [-0.2, -0.15) is 8.42 Å². The van der Waals surface area contributed by atoms with Gasteiger partial charge in [-0.05, 0) is 18.1 Å². The summed E-state index contributed by atoms with van der Waals surface area (Å²) in [4.78, 5) is 3.92. The van der Waals surface area contributed by atoms with Gasteiger partial charge in [0.25, 0.3) is 10.0 Å². The molecule has 0 unspecified atom stereocenters. The maximum absolute atomic E-state index is 12.3. The van der Waals surface area contributed by atoms with Gasteiger partial charge in [0.2, 0.25) is 5.13 Å². The molecule has 0 spiro atoms. The van der Waals surface area contributed by atoms with Crippen LogP contribution in [0.4, 0.5) is 10.8 Å². The number of rotatable bonds is 6. The lowest BCUT2D eigenvalue weighted by atomic mass is 10.1. The lowest BCUT2D eigenvalue weighted by Gasteiger charge is -2.08. The van der Waals surface area contributed by atoms with Crippen molar-refractivity contribution in [3.05, 3.63) is 23.3 Å². The number of nitrogens with zero attached hydrogens (tertiary/aromatic N) is 3. The first-order valence-corrected chi connectivity index (χ1v) is 8.70. The molecule has 0 aliphatic rings. The van der Waals surface area contributed by atoms with Crippen LogP contribution in [0.15, 0.2) is 23.4 Å². The normalized spacial score (nSPS) is 11.6. The van der Waals surface area contributed by atoms with Crippen LogP contribution in [0, 0.1) is 5.92 Å². The maximum Gasteiger partial charge on any atom is 0.283 e. The molecule has 0 aromatic carbocycles. The standard InChI is InChI=1S/C12H17N5O2S2/c1-8(2)7-10-15-16-12(20-10)17-21(18,19)11-9(13-3)5-4-6-14-11/h4-6,8,13H,7H2,1-3H3,(H,16,17). The van der Waals surface area contributed by atoms with Gasteiger partial charge in [-0.25, -0.2) is 4.98 Å². The van der Waals surface area contributed by atoms with E-state index in [-0.39, 0.29) is 10.2 Å². The van der Waals surface area contributed by atoms with Crippen LogP contribution in [-0.2, 0) is 16.4 Å². The second kappa shape index (κ2) is 6.35. The number of sulfonamides is 1. The Balaban J connectivity index is 2.23. The summed E-state index contributed by atoms with van der Waals surface area (Å²) in [5.41, 5.74) is 0.428. The highest BCUT2D eigenvalue weighted by atomic mass is 32.2. The zero-order chi connectivity index (χ0) is 15.5. The van der Waals surface area contributed by atoms with Gasteiger partial charge in [-0.3, -0.25) is 4.72 Å². The van der Waals surface area contributed by atoms with Crippen LogP contribution in [0.1, 0.15) is 18.9 Å². The molecule has 2 aromatic rings. The van der Waals surface area contributed by atoms with Gasteiger partial charge < -0.3 is 5.32 Å². The van der Waals surface area contributed by atoms with Crippen LogP contribution < -0.4 is 10.0 Å². The summed E-state index contributed by atoms with van der Waals surface area (Å²) in [7, 11) is -2.15. The number of aromatic nitrogens is 3. The Labute approximate surface area is 127 Å². The minimum absolute atomic E-state index is 0.0619. The van der Waals surface area contributed by atoms with Gasteiger partial charge in [0.1, 0.15) is 5.01 Å². The van der Waals surface area contributed by atoms with Crippen LogP contribution in [0.5, 0.6) is 0 Å². The van der Waals surface area contributed by atoms with Crippen LogP contribution >= 0.6 is 11.3 Å². The van der Waals surface area contributed by atoms with Crippen molar-refractivity contribution in [3.8, 4) is 0 Å². The molecule has 2 aromatic heterocycles. The molecule has 114 valence electrons. The van der Waals surface area contributed by atoms with E-state index in [0.29, 0.717) is 11.6 Å². The minimum atomic E-state index is -3.79. The second-order valence-corrected chi connectivity index (χ2v) is 7.47. The largest absolute Gasteiger partial charge is 0.386 e. The Hall–Kier alpha value is -1.74. The number of hydrogen-bond donors (Lipinski definition) is 2. The topological polar surface area (TPSA) is 96.9 Å². The van der Waals surface area contributed by atoms with Crippen molar-refractivity contribution in [2.75, 3.05) is 17.1 Å². The van der Waals surface area contributed by atoms with Crippen LogP contribution in [0.3, 0.4) is 0 Å². The van der Waals surface area contributed by atoms with Crippen LogP contribution in [0.2, 0.25) is 0 Å². The lowest BCUT2D eigenvalue weighted by Crippen LogP contribution is -2.16. The molecule has 9 heteroatoms. The third-order valence-electron chi connectivity index (χ3n) is 2.57. The smallest absolute Gasteiger partial charge is 0.283 e. The summed E-state index contributed by atoms with van der Waals surface area (Å²) in [5.74, 6) is 0.439. The summed E-state index contributed by atoms with van der Waals surface area (Å²) in [6.07, 6.45) is 2.20. The van der Waals surface area contributed by atoms with Gasteiger partial charge in [0.15, 0.2) is 5.03 Å². The number of pyridine rings is 1. The molecule has 2 heterocycles. The highest BCUT2D eigenvalue weighted by Crippen LogP contribution is 2.23. The summed E-state index contributed by atoms with van der Waals surface area (Å²) in [6.45, 7) is 4.14. The molecule has 0 amide bonds. The van der Waals surface area contributed by atoms with E-state index in [4.69, 9.17) is 0 Å². The molecule has 0 fully saturated rings. The monoisotopic (exact) mass is 327 g/mol. The highest BCUT2D eigenvalue weighted by molar-refractivity contribution is 7.93. The zero-order valence-corrected chi connectivity index (χ0v) is 13.6. The van der Waals surface area contributed by atoms with Gasteiger partial charge in [-0.15, -0.1) is 10.2 Å². The molecule has 0 saturated carbocycles. The van der Waals surface area contributed by atoms with Crippen molar-refractivity contribution in [2.24, 2.45) is 5.92 Å². The number of nitrogens with one attached hydrogen (secondary N) is 2. The van der Waals surface area contributed by atoms with Gasteiger partial charge in [-0.1, -0.05) is 25.2 Å². The van der Waals surface area contributed by atoms with E-state index in [1.165, 1.54) is 17.5 Å². The van der Waals surface area contributed by atoms with E-state index >= 15 is 0 Å². The zero-order valence-electron chi connectivity index (χ0n) is 12.0. The maximum atomic E-state index is 12.3. The van der Waals surface area contributed by atoms with E-state index < -0.39 is 10.0 Å². The Morgan fingerprint density at radius 3 is 2.76 bits per heavy atom. The van der Waals surface area contributed by atoms with Crippen molar-refractivity contribution in [2.45, 2.75) is 25.3 Å². The van der Waals surface area contributed by atoms with Crippen molar-refractivity contribution in [1.29, 1.82) is 0 Å². The predicted octanol–water partition coefficient (Wildman–Crippen LogP) is 1.97. The minimum Gasteiger partial charge on any atom is -0.386 e. The molecule has 2 rings (SSSR count). The number of hydrogen-bond acceptors (Lipinski definition) is 7. The van der Waals surface area contributed by atoms with Crippen LogP contribution in [0.25, 0.3) is 0 Å². The molecule has 21 heavy (non-hydrogen) atoms. The van der Waals surface area contributed by atoms with Gasteiger partial charge >= 0.3 is 0 Å². The first-order chi connectivity index (χ1) is 9.92. The quantitative estimate of drug-likeness (QED) is 0.842. The third-order valence-corrected chi connectivity index (χ3v) is 4.85. The average Bonchev–Trinajstić information content (AvgIpc) is 2.84. The fourth-order valence-electron chi connectivity index (χ4n) is 1.69. The fourth-order valence-corrected chi connectivity index (χ4v) is 4.01. The SMILES string of the molecule is CNc1cccnc1S(=O)(=O)Nc1nnc(CC(C)C)s1. The van der Waals surface area contributed by atoms with E-state index in [9.17, 15) is 8.42 Å². The molecule has 0 radical (unpaired) electrons. The first-order valence-electron chi connectivity index (χ1n) is 6.40. The van der Waals surface area contributed by atoms with E-state index in [2.05, 4.69) is 39.1 Å². The summed E-state index contributed by atoms with van der Waals surface area (Å²) >= 11 is 1.24. The summed E-state index contributed by atoms with van der Waals surface area (Å²) in [5, 5.41) is 11.6. The van der Waals surface area contributed by atoms with Crippen molar-refractivity contribution < 1.29 is 8.42 Å². The van der Waals surface area contributed by atoms with Crippen molar-refractivity contribution in [1.82, 2.24) is 15.2 Å². The summed E-state index contributed by atoms with van der Waals surface area (Å²) in [6, 6.07) is 3.31. The Morgan fingerprint density at radius 2 is 2.10 bits per heavy atom. The molecule has 2 N–H and O–H groups in total. The lowest BCUT2D eigenvalue weighted by molar-refractivity contribution is 0.598. The van der Waals surface area contributed by atoms with Crippen molar-refractivity contribution in [3.63, 3.8) is 0 Å². The molecule has 0 aliphatic carbocycles. The Bertz CT molecular complexity index is 712. The number of anilines is 2.